The predicted octanol–water partition coefficient (Wildman–Crippen LogP) is 2.88. The van der Waals surface area contributed by atoms with Gasteiger partial charge in [0.1, 0.15) is 0 Å². The van der Waals surface area contributed by atoms with Gasteiger partial charge in [0.15, 0.2) is 0 Å². The summed E-state index contributed by atoms with van der Waals surface area (Å²) in [6.07, 6.45) is 3.07. The summed E-state index contributed by atoms with van der Waals surface area (Å²) in [7, 11) is 0. The van der Waals surface area contributed by atoms with Crippen LogP contribution in [0.2, 0.25) is 0 Å². The molecular weight excluding hydrogens is 214 g/mol. The second kappa shape index (κ2) is 6.15. The molecule has 0 unspecified atom stereocenters. The average molecular weight is 228 g/mol. The van der Waals surface area contributed by atoms with Gasteiger partial charge in [-0.15, -0.1) is 0 Å². The van der Waals surface area contributed by atoms with Crippen LogP contribution in [0.1, 0.15) is 32.6 Å². The Morgan fingerprint density at radius 1 is 1.38 bits per heavy atom. The third-order valence-electron chi connectivity index (χ3n) is 2.10. The minimum atomic E-state index is -0.996. The summed E-state index contributed by atoms with van der Waals surface area (Å²) in [6.45, 7) is 2.03. The lowest BCUT2D eigenvalue weighted by atomic mass is 10.2. The molecule has 1 N–H and O–H groups in total. The van der Waals surface area contributed by atoms with Crippen LogP contribution in [0.3, 0.4) is 0 Å². The van der Waals surface area contributed by atoms with Crippen molar-refractivity contribution in [2.45, 2.75) is 32.6 Å². The second-order valence-corrected chi connectivity index (χ2v) is 3.48. The molecule has 0 radical (unpaired) electrons. The van der Waals surface area contributed by atoms with Crippen molar-refractivity contribution >= 4 is 11.6 Å². The molecule has 1 amide bonds. The fourth-order valence-corrected chi connectivity index (χ4v) is 1.25. The van der Waals surface area contributed by atoms with Gasteiger partial charge in [-0.05, 0) is 18.6 Å². The molecular formula is C11H14F2N2O. The van der Waals surface area contributed by atoms with Gasteiger partial charge in [0.2, 0.25) is 17.8 Å². The number of hydrogen-bond donors (Lipinski definition) is 1. The van der Waals surface area contributed by atoms with Crippen molar-refractivity contribution in [1.82, 2.24) is 4.98 Å². The van der Waals surface area contributed by atoms with Gasteiger partial charge in [-0.1, -0.05) is 19.8 Å². The normalized spacial score (nSPS) is 10.2. The Balaban J connectivity index is 2.49. The molecule has 1 aromatic rings. The summed E-state index contributed by atoms with van der Waals surface area (Å²) >= 11 is 0. The van der Waals surface area contributed by atoms with Gasteiger partial charge in [0.25, 0.3) is 0 Å². The molecule has 1 aromatic heterocycles. The minimum Gasteiger partial charge on any atom is -0.322 e. The SMILES string of the molecule is CCCCCC(=O)Nc1ccc(F)nc1F. The lowest BCUT2D eigenvalue weighted by molar-refractivity contribution is -0.116. The maximum atomic E-state index is 13.0. The van der Waals surface area contributed by atoms with Crippen LogP contribution in [-0.2, 0) is 4.79 Å². The molecule has 1 rings (SSSR count). The number of nitrogens with one attached hydrogen (secondary N) is 1. The van der Waals surface area contributed by atoms with Crippen LogP contribution < -0.4 is 5.32 Å². The Bertz CT molecular complexity index is 369. The zero-order chi connectivity index (χ0) is 12.0. The van der Waals surface area contributed by atoms with Crippen LogP contribution in [0.4, 0.5) is 14.5 Å². The van der Waals surface area contributed by atoms with Gasteiger partial charge in [-0.25, -0.2) is 0 Å². The smallest absolute Gasteiger partial charge is 0.239 e. The summed E-state index contributed by atoms with van der Waals surface area (Å²) in [5, 5.41) is 2.35. The molecule has 88 valence electrons. The molecule has 0 aliphatic heterocycles. The zero-order valence-electron chi connectivity index (χ0n) is 9.09. The average Bonchev–Trinajstić information content (AvgIpc) is 2.23. The van der Waals surface area contributed by atoms with E-state index in [9.17, 15) is 13.6 Å². The van der Waals surface area contributed by atoms with Crippen LogP contribution in [0.15, 0.2) is 12.1 Å². The van der Waals surface area contributed by atoms with Gasteiger partial charge in [0.05, 0.1) is 5.69 Å². The number of carbonyl (C=O) groups excluding carboxylic acids is 1. The fraction of sp³-hybridized carbons (Fsp3) is 0.455. The first-order valence-corrected chi connectivity index (χ1v) is 5.25. The molecule has 0 saturated carbocycles. The summed E-state index contributed by atoms with van der Waals surface area (Å²) in [5.41, 5.74) is -0.0806. The third-order valence-corrected chi connectivity index (χ3v) is 2.10. The number of halogens is 2. The molecule has 0 spiro atoms. The van der Waals surface area contributed by atoms with Crippen molar-refractivity contribution in [3.05, 3.63) is 24.0 Å². The highest BCUT2D eigenvalue weighted by molar-refractivity contribution is 5.90. The van der Waals surface area contributed by atoms with E-state index in [0.29, 0.717) is 6.42 Å². The van der Waals surface area contributed by atoms with Gasteiger partial charge in [-0.2, -0.15) is 13.8 Å². The molecule has 3 nitrogen and oxygen atoms in total. The van der Waals surface area contributed by atoms with E-state index in [4.69, 9.17) is 0 Å². The predicted molar refractivity (Wildman–Crippen MR) is 56.9 cm³/mol. The Kier molecular flexibility index (Phi) is 4.82. The lowest BCUT2D eigenvalue weighted by Gasteiger charge is -2.05. The van der Waals surface area contributed by atoms with Crippen molar-refractivity contribution in [2.24, 2.45) is 0 Å². The molecule has 1 heterocycles. The monoisotopic (exact) mass is 228 g/mol. The highest BCUT2D eigenvalue weighted by Crippen LogP contribution is 2.12. The van der Waals surface area contributed by atoms with Gasteiger partial charge in [0, 0.05) is 6.42 Å². The van der Waals surface area contributed by atoms with Crippen molar-refractivity contribution in [3.63, 3.8) is 0 Å². The molecule has 0 atom stereocenters. The Morgan fingerprint density at radius 3 is 2.75 bits per heavy atom. The zero-order valence-corrected chi connectivity index (χ0v) is 9.09. The molecule has 5 heteroatoms. The van der Waals surface area contributed by atoms with E-state index < -0.39 is 11.9 Å². The Morgan fingerprint density at radius 2 is 2.12 bits per heavy atom. The van der Waals surface area contributed by atoms with Crippen LogP contribution in [0.5, 0.6) is 0 Å². The van der Waals surface area contributed by atoms with E-state index in [0.717, 1.165) is 31.4 Å². The van der Waals surface area contributed by atoms with Gasteiger partial charge < -0.3 is 5.32 Å². The minimum absolute atomic E-state index is 0.0806. The molecule has 0 aliphatic rings. The Labute approximate surface area is 92.9 Å². The third kappa shape index (κ3) is 3.92. The van der Waals surface area contributed by atoms with Crippen molar-refractivity contribution in [1.29, 1.82) is 0 Å². The highest BCUT2D eigenvalue weighted by atomic mass is 19.1. The summed E-state index contributed by atoms with van der Waals surface area (Å²) in [5.74, 6) is -2.17. The highest BCUT2D eigenvalue weighted by Gasteiger charge is 2.08. The van der Waals surface area contributed by atoms with E-state index in [1.807, 2.05) is 6.92 Å². The van der Waals surface area contributed by atoms with Gasteiger partial charge >= 0.3 is 0 Å². The number of pyridine rings is 1. The number of hydrogen-bond acceptors (Lipinski definition) is 2. The van der Waals surface area contributed by atoms with E-state index >= 15 is 0 Å². The quantitative estimate of drug-likeness (QED) is 0.622. The second-order valence-electron chi connectivity index (χ2n) is 3.48. The number of nitrogens with zero attached hydrogens (tertiary/aromatic N) is 1. The summed E-state index contributed by atoms with van der Waals surface area (Å²) in [4.78, 5) is 14.3. The number of unbranched alkanes of at least 4 members (excludes halogenated alkanes) is 2. The Hall–Kier alpha value is -1.52. The molecule has 0 aliphatic carbocycles. The first-order chi connectivity index (χ1) is 7.63. The number of aromatic nitrogens is 1. The van der Waals surface area contributed by atoms with Crippen molar-refractivity contribution < 1.29 is 13.6 Å². The number of amides is 1. The van der Waals surface area contributed by atoms with E-state index in [1.165, 1.54) is 0 Å². The topological polar surface area (TPSA) is 42.0 Å². The van der Waals surface area contributed by atoms with Crippen molar-refractivity contribution in [3.8, 4) is 0 Å². The molecule has 0 bridgehead atoms. The fourth-order valence-electron chi connectivity index (χ4n) is 1.25. The first-order valence-electron chi connectivity index (χ1n) is 5.25. The number of rotatable bonds is 5. The van der Waals surface area contributed by atoms with E-state index in [2.05, 4.69) is 10.3 Å². The van der Waals surface area contributed by atoms with Crippen LogP contribution in [0, 0.1) is 11.9 Å². The van der Waals surface area contributed by atoms with Crippen molar-refractivity contribution in [2.75, 3.05) is 5.32 Å². The standard InChI is InChI=1S/C11H14F2N2O/c1-2-3-4-5-10(16)14-8-6-7-9(12)15-11(8)13/h6-7H,2-5H2,1H3,(H,14,16). The van der Waals surface area contributed by atoms with E-state index in [1.54, 1.807) is 0 Å². The first kappa shape index (κ1) is 12.5. The van der Waals surface area contributed by atoms with Crippen LogP contribution in [-0.4, -0.2) is 10.9 Å². The summed E-state index contributed by atoms with van der Waals surface area (Å²) < 4.78 is 25.5. The molecule has 0 aromatic carbocycles. The molecule has 0 saturated heterocycles. The lowest BCUT2D eigenvalue weighted by Crippen LogP contribution is -2.13. The molecule has 0 fully saturated rings. The maximum absolute atomic E-state index is 13.0. The van der Waals surface area contributed by atoms with Gasteiger partial charge in [-0.3, -0.25) is 4.79 Å². The van der Waals surface area contributed by atoms with E-state index in [-0.39, 0.29) is 11.6 Å². The maximum Gasteiger partial charge on any atom is 0.239 e. The largest absolute Gasteiger partial charge is 0.322 e. The summed E-state index contributed by atoms with van der Waals surface area (Å²) in [6, 6.07) is 2.17. The van der Waals surface area contributed by atoms with Crippen LogP contribution in [0.25, 0.3) is 0 Å². The number of anilines is 1. The number of carbonyl (C=O) groups is 1. The van der Waals surface area contributed by atoms with Crippen LogP contribution >= 0.6 is 0 Å². The molecule has 16 heavy (non-hydrogen) atoms.